The minimum absolute atomic E-state index is 0.0228. The number of pyridine rings is 1. The summed E-state index contributed by atoms with van der Waals surface area (Å²) in [5.74, 6) is 0.114. The molecule has 0 bridgehead atoms. The van der Waals surface area contributed by atoms with Crippen LogP contribution in [-0.2, 0) is 22.6 Å². The van der Waals surface area contributed by atoms with Crippen LogP contribution in [0.2, 0.25) is 0 Å². The van der Waals surface area contributed by atoms with Gasteiger partial charge in [0.1, 0.15) is 0 Å². The Balaban J connectivity index is 1.29. The van der Waals surface area contributed by atoms with E-state index < -0.39 is 0 Å². The molecule has 1 saturated heterocycles. The van der Waals surface area contributed by atoms with Gasteiger partial charge in [0.25, 0.3) is 0 Å². The van der Waals surface area contributed by atoms with Gasteiger partial charge in [-0.3, -0.25) is 14.6 Å². The molecule has 2 amide bonds. The van der Waals surface area contributed by atoms with Crippen molar-refractivity contribution in [2.24, 2.45) is 11.8 Å². The normalized spacial score (nSPS) is 15.6. The van der Waals surface area contributed by atoms with Crippen molar-refractivity contribution < 1.29 is 9.59 Å². The summed E-state index contributed by atoms with van der Waals surface area (Å²) >= 11 is 0. The molecule has 0 radical (unpaired) electrons. The highest BCUT2D eigenvalue weighted by Gasteiger charge is 2.29. The Hall–Kier alpha value is -3.21. The number of piperidine rings is 1. The van der Waals surface area contributed by atoms with Crippen LogP contribution in [0.3, 0.4) is 0 Å². The smallest absolute Gasteiger partial charge is 0.225 e. The van der Waals surface area contributed by atoms with Gasteiger partial charge in [0.2, 0.25) is 11.8 Å². The summed E-state index contributed by atoms with van der Waals surface area (Å²) in [6.45, 7) is 3.82. The second-order valence-corrected chi connectivity index (χ2v) is 8.43. The standard InChI is InChI=1S/C26H29N3O2/c1-19(15-23-18-27-17-22-9-5-6-10-24(22)23)26(31)29-13-11-21(12-14-29)25(30)28-16-20-7-3-2-4-8-20/h2-10,17-19,21H,11-16H2,1H3,(H,28,30). The second-order valence-electron chi connectivity index (χ2n) is 8.43. The number of nitrogens with zero attached hydrogens (tertiary/aromatic N) is 2. The summed E-state index contributed by atoms with van der Waals surface area (Å²) in [6.07, 6.45) is 5.84. The first-order chi connectivity index (χ1) is 15.1. The molecule has 160 valence electrons. The van der Waals surface area contributed by atoms with Crippen LogP contribution in [0, 0.1) is 11.8 Å². The van der Waals surface area contributed by atoms with Gasteiger partial charge >= 0.3 is 0 Å². The number of nitrogens with one attached hydrogen (secondary N) is 1. The zero-order valence-electron chi connectivity index (χ0n) is 18.0. The van der Waals surface area contributed by atoms with E-state index in [4.69, 9.17) is 0 Å². The van der Waals surface area contributed by atoms with E-state index in [1.807, 2.05) is 72.7 Å². The molecule has 1 aliphatic heterocycles. The molecule has 1 fully saturated rings. The van der Waals surface area contributed by atoms with Crippen molar-refractivity contribution in [2.45, 2.75) is 32.7 Å². The van der Waals surface area contributed by atoms with E-state index in [2.05, 4.69) is 16.4 Å². The minimum Gasteiger partial charge on any atom is -0.352 e. The number of fused-ring (bicyclic) bond motifs is 1. The summed E-state index contributed by atoms with van der Waals surface area (Å²) in [7, 11) is 0. The SMILES string of the molecule is CC(Cc1cncc2ccccc12)C(=O)N1CCC(C(=O)NCc2ccccc2)CC1. The van der Waals surface area contributed by atoms with Crippen molar-refractivity contribution >= 4 is 22.6 Å². The van der Waals surface area contributed by atoms with Gasteiger partial charge in [-0.25, -0.2) is 0 Å². The van der Waals surface area contributed by atoms with Gasteiger partial charge in [0.15, 0.2) is 0 Å². The Morgan fingerprint density at radius 2 is 1.74 bits per heavy atom. The van der Waals surface area contributed by atoms with Crippen molar-refractivity contribution in [3.63, 3.8) is 0 Å². The maximum Gasteiger partial charge on any atom is 0.225 e. The maximum atomic E-state index is 13.0. The van der Waals surface area contributed by atoms with E-state index >= 15 is 0 Å². The van der Waals surface area contributed by atoms with E-state index in [-0.39, 0.29) is 23.7 Å². The molecule has 3 aromatic rings. The molecule has 0 aliphatic carbocycles. The van der Waals surface area contributed by atoms with Gasteiger partial charge in [0.05, 0.1) is 0 Å². The number of aromatic nitrogens is 1. The Labute approximate surface area is 183 Å². The second kappa shape index (κ2) is 9.73. The number of carbonyl (C=O) groups is 2. The number of rotatable bonds is 6. The zero-order chi connectivity index (χ0) is 21.6. The van der Waals surface area contributed by atoms with Crippen LogP contribution < -0.4 is 5.32 Å². The Kier molecular flexibility index (Phi) is 6.60. The molecular weight excluding hydrogens is 386 g/mol. The summed E-state index contributed by atoms with van der Waals surface area (Å²) in [5.41, 5.74) is 2.20. The fourth-order valence-corrected chi connectivity index (χ4v) is 4.36. The summed E-state index contributed by atoms with van der Waals surface area (Å²) in [4.78, 5) is 31.8. The average molecular weight is 416 g/mol. The molecule has 1 unspecified atom stereocenters. The lowest BCUT2D eigenvalue weighted by Gasteiger charge is -2.33. The van der Waals surface area contributed by atoms with E-state index in [1.165, 1.54) is 0 Å². The molecule has 4 rings (SSSR count). The molecule has 2 aromatic carbocycles. The van der Waals surface area contributed by atoms with E-state index in [9.17, 15) is 9.59 Å². The van der Waals surface area contributed by atoms with Crippen molar-refractivity contribution in [1.82, 2.24) is 15.2 Å². The average Bonchev–Trinajstić information content (AvgIpc) is 2.83. The van der Waals surface area contributed by atoms with Crippen molar-refractivity contribution in [3.05, 3.63) is 78.1 Å². The van der Waals surface area contributed by atoms with E-state index in [1.54, 1.807) is 0 Å². The lowest BCUT2D eigenvalue weighted by molar-refractivity contribution is -0.138. The fourth-order valence-electron chi connectivity index (χ4n) is 4.36. The van der Waals surface area contributed by atoms with E-state index in [0.29, 0.717) is 26.1 Å². The highest BCUT2D eigenvalue weighted by atomic mass is 16.2. The van der Waals surface area contributed by atoms with Crippen LogP contribution in [0.4, 0.5) is 0 Å². The van der Waals surface area contributed by atoms with Gasteiger partial charge in [-0.2, -0.15) is 0 Å². The highest BCUT2D eigenvalue weighted by molar-refractivity contribution is 5.86. The third kappa shape index (κ3) is 5.10. The lowest BCUT2D eigenvalue weighted by atomic mass is 9.93. The number of hydrogen-bond acceptors (Lipinski definition) is 3. The van der Waals surface area contributed by atoms with Crippen LogP contribution in [0.1, 0.15) is 30.9 Å². The van der Waals surface area contributed by atoms with Gasteiger partial charge in [-0.1, -0.05) is 61.5 Å². The van der Waals surface area contributed by atoms with Crippen LogP contribution in [0.15, 0.2) is 67.0 Å². The number of carbonyl (C=O) groups excluding carboxylic acids is 2. The molecule has 2 heterocycles. The number of likely N-dealkylation sites (tertiary alicyclic amines) is 1. The molecular formula is C26H29N3O2. The molecule has 0 saturated carbocycles. The Morgan fingerprint density at radius 1 is 1.03 bits per heavy atom. The first kappa shape index (κ1) is 21.0. The fraction of sp³-hybridized carbons (Fsp3) is 0.346. The maximum absolute atomic E-state index is 13.0. The van der Waals surface area contributed by atoms with Gasteiger partial charge in [-0.15, -0.1) is 0 Å². The van der Waals surface area contributed by atoms with Crippen molar-refractivity contribution in [1.29, 1.82) is 0 Å². The Morgan fingerprint density at radius 3 is 2.52 bits per heavy atom. The van der Waals surface area contributed by atoms with Crippen molar-refractivity contribution in [2.75, 3.05) is 13.1 Å². The largest absolute Gasteiger partial charge is 0.352 e. The summed E-state index contributed by atoms with van der Waals surface area (Å²) < 4.78 is 0. The van der Waals surface area contributed by atoms with Gasteiger partial charge in [-0.05, 0) is 35.8 Å². The number of hydrogen-bond donors (Lipinski definition) is 1. The molecule has 1 aliphatic rings. The predicted molar refractivity (Wildman–Crippen MR) is 122 cm³/mol. The molecule has 31 heavy (non-hydrogen) atoms. The quantitative estimate of drug-likeness (QED) is 0.663. The zero-order valence-corrected chi connectivity index (χ0v) is 18.0. The minimum atomic E-state index is -0.115. The van der Waals surface area contributed by atoms with Crippen molar-refractivity contribution in [3.8, 4) is 0 Å². The summed E-state index contributed by atoms with van der Waals surface area (Å²) in [6, 6.07) is 18.1. The van der Waals surface area contributed by atoms with Crippen LogP contribution in [0.25, 0.3) is 10.8 Å². The third-order valence-corrected chi connectivity index (χ3v) is 6.19. The molecule has 1 N–H and O–H groups in total. The first-order valence-corrected chi connectivity index (χ1v) is 11.0. The van der Waals surface area contributed by atoms with Gasteiger partial charge in [0, 0.05) is 49.2 Å². The van der Waals surface area contributed by atoms with Crippen LogP contribution >= 0.6 is 0 Å². The number of amides is 2. The van der Waals surface area contributed by atoms with Crippen LogP contribution in [0.5, 0.6) is 0 Å². The Bertz CT molecular complexity index is 1040. The monoisotopic (exact) mass is 415 g/mol. The molecule has 0 spiro atoms. The molecule has 5 heteroatoms. The number of benzene rings is 2. The molecule has 1 atom stereocenters. The van der Waals surface area contributed by atoms with Crippen LogP contribution in [-0.4, -0.2) is 34.8 Å². The summed E-state index contributed by atoms with van der Waals surface area (Å²) in [5, 5.41) is 5.29. The predicted octanol–water partition coefficient (Wildman–Crippen LogP) is 3.97. The first-order valence-electron chi connectivity index (χ1n) is 11.0. The lowest BCUT2D eigenvalue weighted by Crippen LogP contribution is -2.44. The topological polar surface area (TPSA) is 62.3 Å². The molecule has 1 aromatic heterocycles. The molecule has 5 nitrogen and oxygen atoms in total. The van der Waals surface area contributed by atoms with Gasteiger partial charge < -0.3 is 10.2 Å². The highest BCUT2D eigenvalue weighted by Crippen LogP contribution is 2.23. The third-order valence-electron chi connectivity index (χ3n) is 6.19. The van der Waals surface area contributed by atoms with E-state index in [0.717, 1.165) is 34.7 Å².